The van der Waals surface area contributed by atoms with Crippen LogP contribution in [0.25, 0.3) is 12.2 Å². The number of nitrogen functional groups attached to an aromatic ring is 1. The largest absolute Gasteiger partial charge is 0.384 e. The van der Waals surface area contributed by atoms with Gasteiger partial charge in [0.15, 0.2) is 5.78 Å². The molecule has 1 fully saturated rings. The second-order valence-electron chi connectivity index (χ2n) is 6.58. The van der Waals surface area contributed by atoms with Crippen LogP contribution in [0.1, 0.15) is 40.6 Å². The van der Waals surface area contributed by atoms with Gasteiger partial charge in [-0.1, -0.05) is 48.2 Å². The Balaban J connectivity index is 1.45. The van der Waals surface area contributed by atoms with Crippen LogP contribution in [0.2, 0.25) is 0 Å². The van der Waals surface area contributed by atoms with Crippen LogP contribution >= 0.6 is 11.8 Å². The number of aromatic nitrogens is 5. The molecule has 1 saturated carbocycles. The van der Waals surface area contributed by atoms with Crippen molar-refractivity contribution in [2.75, 3.05) is 11.5 Å². The van der Waals surface area contributed by atoms with Crippen LogP contribution in [-0.2, 0) is 0 Å². The van der Waals surface area contributed by atoms with Crippen molar-refractivity contribution in [3.05, 3.63) is 68.1 Å². The molecule has 0 aliphatic heterocycles. The SMILES string of the molecule is Nc1c(C(=O)CSc2n[nH]c(/C=C/c3ccccc3)n2)c(=O)[nH]c(=O)n1C1CC1. The van der Waals surface area contributed by atoms with E-state index < -0.39 is 17.0 Å². The fourth-order valence-electron chi connectivity index (χ4n) is 2.87. The van der Waals surface area contributed by atoms with Gasteiger partial charge in [-0.2, -0.15) is 0 Å². The molecule has 29 heavy (non-hydrogen) atoms. The van der Waals surface area contributed by atoms with Crippen molar-refractivity contribution in [3.8, 4) is 0 Å². The molecule has 3 aromatic rings. The first kappa shape index (κ1) is 18.9. The summed E-state index contributed by atoms with van der Waals surface area (Å²) in [5.41, 5.74) is 5.44. The summed E-state index contributed by atoms with van der Waals surface area (Å²) in [5.74, 6) is -0.0818. The number of carbonyl (C=O) groups is 1. The Morgan fingerprint density at radius 1 is 1.24 bits per heavy atom. The van der Waals surface area contributed by atoms with Crippen LogP contribution in [0.5, 0.6) is 0 Å². The molecule has 10 heteroatoms. The third-order valence-corrected chi connectivity index (χ3v) is 5.27. The highest BCUT2D eigenvalue weighted by atomic mass is 32.2. The van der Waals surface area contributed by atoms with E-state index in [1.807, 2.05) is 36.4 Å². The molecule has 0 spiro atoms. The minimum atomic E-state index is -0.767. The number of hydrogen-bond acceptors (Lipinski definition) is 7. The summed E-state index contributed by atoms with van der Waals surface area (Å²) in [7, 11) is 0. The van der Waals surface area contributed by atoms with Gasteiger partial charge in [0.05, 0.1) is 5.75 Å². The first-order valence-corrected chi connectivity index (χ1v) is 9.97. The number of thioether (sulfide) groups is 1. The van der Waals surface area contributed by atoms with E-state index in [0.29, 0.717) is 11.0 Å². The summed E-state index contributed by atoms with van der Waals surface area (Å²) in [6, 6.07) is 9.69. The molecule has 9 nitrogen and oxygen atoms in total. The lowest BCUT2D eigenvalue weighted by Gasteiger charge is -2.10. The monoisotopic (exact) mass is 410 g/mol. The molecule has 4 rings (SSSR count). The van der Waals surface area contributed by atoms with E-state index in [1.165, 1.54) is 4.57 Å². The van der Waals surface area contributed by atoms with Crippen LogP contribution in [0.15, 0.2) is 45.1 Å². The summed E-state index contributed by atoms with van der Waals surface area (Å²) in [6.45, 7) is 0. The highest BCUT2D eigenvalue weighted by molar-refractivity contribution is 7.99. The number of rotatable bonds is 7. The number of benzene rings is 1. The number of nitrogens with zero attached hydrogens (tertiary/aromatic N) is 3. The molecule has 0 saturated heterocycles. The third kappa shape index (κ3) is 4.21. The highest BCUT2D eigenvalue weighted by Gasteiger charge is 2.30. The van der Waals surface area contributed by atoms with Crippen LogP contribution in [0.4, 0.5) is 5.82 Å². The Labute approximate surface area is 169 Å². The first-order chi connectivity index (χ1) is 14.0. The predicted molar refractivity (Wildman–Crippen MR) is 111 cm³/mol. The number of nitrogens with two attached hydrogens (primary N) is 1. The van der Waals surface area contributed by atoms with E-state index in [9.17, 15) is 14.4 Å². The average Bonchev–Trinajstić information content (AvgIpc) is 3.42. The molecule has 0 unspecified atom stereocenters. The van der Waals surface area contributed by atoms with Crippen LogP contribution in [0.3, 0.4) is 0 Å². The Morgan fingerprint density at radius 3 is 2.72 bits per heavy atom. The highest BCUT2D eigenvalue weighted by Crippen LogP contribution is 2.35. The van der Waals surface area contributed by atoms with E-state index in [4.69, 9.17) is 5.73 Å². The number of aromatic amines is 2. The molecule has 0 bridgehead atoms. The lowest BCUT2D eigenvalue weighted by molar-refractivity contribution is 0.102. The smallest absolute Gasteiger partial charge is 0.330 e. The number of ketones is 1. The maximum atomic E-state index is 12.6. The maximum Gasteiger partial charge on any atom is 0.330 e. The summed E-state index contributed by atoms with van der Waals surface area (Å²) in [5, 5.41) is 7.22. The number of nitrogens with one attached hydrogen (secondary N) is 2. The van der Waals surface area contributed by atoms with Crippen molar-refractivity contribution in [3.63, 3.8) is 0 Å². The van der Waals surface area contributed by atoms with Crippen LogP contribution in [0, 0.1) is 0 Å². The Bertz CT molecular complexity index is 1190. The summed E-state index contributed by atoms with van der Waals surface area (Å²) in [6.07, 6.45) is 5.27. The molecular formula is C19H18N6O3S. The second kappa shape index (κ2) is 7.92. The third-order valence-electron chi connectivity index (χ3n) is 4.42. The summed E-state index contributed by atoms with van der Waals surface area (Å²) in [4.78, 5) is 43.1. The number of Topliss-reactive ketones (excluding diaryl/α,β-unsaturated/α-hetero) is 1. The van der Waals surface area contributed by atoms with Crippen molar-refractivity contribution >= 4 is 35.5 Å². The average molecular weight is 410 g/mol. The molecule has 148 valence electrons. The van der Waals surface area contributed by atoms with Gasteiger partial charge >= 0.3 is 5.69 Å². The van der Waals surface area contributed by atoms with Gasteiger partial charge in [-0.05, 0) is 24.5 Å². The van der Waals surface area contributed by atoms with Gasteiger partial charge in [-0.3, -0.25) is 24.2 Å². The number of anilines is 1. The zero-order valence-electron chi connectivity index (χ0n) is 15.3. The summed E-state index contributed by atoms with van der Waals surface area (Å²) >= 11 is 1.08. The molecule has 1 aliphatic rings. The van der Waals surface area contributed by atoms with Crippen molar-refractivity contribution in [2.24, 2.45) is 0 Å². The molecule has 1 aromatic carbocycles. The van der Waals surface area contributed by atoms with Gasteiger partial charge in [0.2, 0.25) is 5.16 Å². The van der Waals surface area contributed by atoms with E-state index >= 15 is 0 Å². The van der Waals surface area contributed by atoms with Gasteiger partial charge in [-0.15, -0.1) is 5.10 Å². The fourth-order valence-corrected chi connectivity index (χ4v) is 3.55. The molecule has 2 aromatic heterocycles. The molecule has 0 atom stereocenters. The van der Waals surface area contributed by atoms with Gasteiger partial charge < -0.3 is 5.73 Å². The normalized spacial score (nSPS) is 13.8. The van der Waals surface area contributed by atoms with Gasteiger partial charge in [0, 0.05) is 6.04 Å². The van der Waals surface area contributed by atoms with E-state index in [0.717, 1.165) is 30.2 Å². The first-order valence-electron chi connectivity index (χ1n) is 8.99. The fraction of sp³-hybridized carbons (Fsp3) is 0.211. The minimum absolute atomic E-state index is 0.0504. The molecule has 1 aliphatic carbocycles. The topological polar surface area (TPSA) is 140 Å². The Morgan fingerprint density at radius 2 is 2.00 bits per heavy atom. The molecule has 0 radical (unpaired) electrons. The van der Waals surface area contributed by atoms with Crippen LogP contribution < -0.4 is 17.0 Å². The molecule has 0 amide bonds. The van der Waals surface area contributed by atoms with Crippen LogP contribution in [-0.4, -0.2) is 36.3 Å². The van der Waals surface area contributed by atoms with E-state index in [-0.39, 0.29) is 23.2 Å². The molecule has 4 N–H and O–H groups in total. The standard InChI is InChI=1S/C19H18N6O3S/c20-16-15(17(27)22-19(28)25(16)12-7-8-12)13(26)10-29-18-21-14(23-24-18)9-6-11-4-2-1-3-5-11/h1-6,9,12H,7-8,10,20H2,(H,21,23,24)(H,22,27,28)/b9-6+. The number of carbonyl (C=O) groups excluding carboxylic acids is 1. The van der Waals surface area contributed by atoms with Crippen molar-refractivity contribution < 1.29 is 4.79 Å². The minimum Gasteiger partial charge on any atom is -0.384 e. The molecule has 2 heterocycles. The van der Waals surface area contributed by atoms with E-state index in [2.05, 4.69) is 20.2 Å². The number of hydrogen-bond donors (Lipinski definition) is 3. The Kier molecular flexibility index (Phi) is 5.17. The predicted octanol–water partition coefficient (Wildman–Crippen LogP) is 1.72. The van der Waals surface area contributed by atoms with Gasteiger partial charge in [0.1, 0.15) is 17.2 Å². The Hall–Kier alpha value is -3.40. The lowest BCUT2D eigenvalue weighted by Crippen LogP contribution is -2.36. The summed E-state index contributed by atoms with van der Waals surface area (Å²) < 4.78 is 1.29. The maximum absolute atomic E-state index is 12.6. The van der Waals surface area contributed by atoms with Crippen molar-refractivity contribution in [2.45, 2.75) is 24.0 Å². The second-order valence-corrected chi connectivity index (χ2v) is 7.52. The zero-order valence-corrected chi connectivity index (χ0v) is 16.1. The van der Waals surface area contributed by atoms with E-state index in [1.54, 1.807) is 6.08 Å². The number of H-pyrrole nitrogens is 2. The lowest BCUT2D eigenvalue weighted by atomic mass is 10.2. The van der Waals surface area contributed by atoms with Crippen molar-refractivity contribution in [1.82, 2.24) is 24.7 Å². The zero-order chi connectivity index (χ0) is 20.4. The quantitative estimate of drug-likeness (QED) is 0.398. The van der Waals surface area contributed by atoms with Crippen molar-refractivity contribution in [1.29, 1.82) is 0 Å². The van der Waals surface area contributed by atoms with Gasteiger partial charge in [-0.25, -0.2) is 9.78 Å². The van der Waals surface area contributed by atoms with Gasteiger partial charge in [0.25, 0.3) is 5.56 Å². The molecular weight excluding hydrogens is 392 g/mol.